The van der Waals surface area contributed by atoms with Gasteiger partial charge in [0, 0.05) is 31.8 Å². The first-order chi connectivity index (χ1) is 5.88. The highest BCUT2D eigenvalue weighted by molar-refractivity contribution is 5.47. The molecule has 2 heterocycles. The van der Waals surface area contributed by atoms with Crippen molar-refractivity contribution in [1.29, 1.82) is 0 Å². The van der Waals surface area contributed by atoms with Crippen molar-refractivity contribution >= 4 is 0 Å². The molecular formula is C8H8N4. The highest BCUT2D eigenvalue weighted by Gasteiger charge is 2.02. The minimum atomic E-state index is 0.796. The minimum Gasteiger partial charge on any atom is -0.333 e. The fraction of sp³-hybridized carbons (Fsp3) is 0.125. The van der Waals surface area contributed by atoms with Gasteiger partial charge in [0.05, 0.1) is 6.20 Å². The molecule has 0 saturated carbocycles. The van der Waals surface area contributed by atoms with Crippen molar-refractivity contribution in [1.82, 2.24) is 19.5 Å². The molecule has 60 valence electrons. The van der Waals surface area contributed by atoms with Crippen molar-refractivity contribution in [2.45, 2.75) is 0 Å². The normalized spacial score (nSPS) is 10.1. The van der Waals surface area contributed by atoms with Gasteiger partial charge in [-0.1, -0.05) is 0 Å². The van der Waals surface area contributed by atoms with Crippen LogP contribution in [0.2, 0.25) is 0 Å². The number of nitrogens with zero attached hydrogens (tertiary/aromatic N) is 4. The quantitative estimate of drug-likeness (QED) is 0.622. The number of aryl methyl sites for hydroxylation is 1. The largest absolute Gasteiger partial charge is 0.333 e. The van der Waals surface area contributed by atoms with E-state index < -0.39 is 0 Å². The molecule has 12 heavy (non-hydrogen) atoms. The summed E-state index contributed by atoms with van der Waals surface area (Å²) in [5.74, 6) is 0.836. The summed E-state index contributed by atoms with van der Waals surface area (Å²) in [5.41, 5.74) is 0.796. The lowest BCUT2D eigenvalue weighted by Crippen LogP contribution is -1.93. The summed E-state index contributed by atoms with van der Waals surface area (Å²) >= 11 is 0. The smallest absolute Gasteiger partial charge is 0.159 e. The molecule has 0 spiro atoms. The molecule has 0 bridgehead atoms. The molecule has 0 unspecified atom stereocenters. The Morgan fingerprint density at radius 2 is 2.08 bits per heavy atom. The third-order valence-corrected chi connectivity index (χ3v) is 1.61. The molecular weight excluding hydrogens is 152 g/mol. The van der Waals surface area contributed by atoms with E-state index in [-0.39, 0.29) is 0 Å². The maximum Gasteiger partial charge on any atom is 0.159 e. The Morgan fingerprint density at radius 1 is 1.17 bits per heavy atom. The molecule has 4 heteroatoms. The zero-order valence-electron chi connectivity index (χ0n) is 6.68. The van der Waals surface area contributed by atoms with Gasteiger partial charge < -0.3 is 4.57 Å². The molecule has 2 aromatic heterocycles. The predicted molar refractivity (Wildman–Crippen MR) is 44.2 cm³/mol. The van der Waals surface area contributed by atoms with Gasteiger partial charge in [0.15, 0.2) is 5.82 Å². The van der Waals surface area contributed by atoms with Crippen LogP contribution in [0.25, 0.3) is 11.5 Å². The second-order valence-corrected chi connectivity index (χ2v) is 2.45. The van der Waals surface area contributed by atoms with E-state index in [2.05, 4.69) is 15.0 Å². The summed E-state index contributed by atoms with van der Waals surface area (Å²) in [6, 6.07) is 0. The highest BCUT2D eigenvalue weighted by Crippen LogP contribution is 2.10. The molecule has 2 rings (SSSR count). The molecule has 0 N–H and O–H groups in total. The molecule has 0 radical (unpaired) electrons. The Bertz CT molecular complexity index is 366. The van der Waals surface area contributed by atoms with Crippen molar-refractivity contribution in [2.75, 3.05) is 0 Å². The predicted octanol–water partition coefficient (Wildman–Crippen LogP) is 0.877. The van der Waals surface area contributed by atoms with Crippen molar-refractivity contribution in [3.63, 3.8) is 0 Å². The average Bonchev–Trinajstić information content (AvgIpc) is 2.53. The van der Waals surface area contributed by atoms with Gasteiger partial charge in [-0.3, -0.25) is 4.98 Å². The van der Waals surface area contributed by atoms with Crippen LogP contribution in [0.4, 0.5) is 0 Å². The second-order valence-electron chi connectivity index (χ2n) is 2.45. The highest BCUT2D eigenvalue weighted by atomic mass is 15.1. The van der Waals surface area contributed by atoms with E-state index in [0.717, 1.165) is 11.5 Å². The first-order valence-electron chi connectivity index (χ1n) is 3.61. The molecule has 0 aliphatic rings. The lowest BCUT2D eigenvalue weighted by Gasteiger charge is -1.97. The topological polar surface area (TPSA) is 43.6 Å². The lowest BCUT2D eigenvalue weighted by molar-refractivity contribution is 0.915. The Kier molecular flexibility index (Phi) is 1.59. The van der Waals surface area contributed by atoms with E-state index in [1.54, 1.807) is 24.8 Å². The standard InChI is InChI=1S/C8H8N4/c1-12-5-4-11-8(12)7-6-9-2-3-10-7/h2-6H,1H3. The van der Waals surface area contributed by atoms with E-state index in [9.17, 15) is 0 Å². The van der Waals surface area contributed by atoms with E-state index >= 15 is 0 Å². The number of imidazole rings is 1. The first kappa shape index (κ1) is 6.97. The van der Waals surface area contributed by atoms with Crippen molar-refractivity contribution in [3.05, 3.63) is 31.0 Å². The average molecular weight is 160 g/mol. The molecule has 2 aromatic rings. The van der Waals surface area contributed by atoms with Crippen LogP contribution in [0.5, 0.6) is 0 Å². The van der Waals surface area contributed by atoms with Crippen LogP contribution < -0.4 is 0 Å². The van der Waals surface area contributed by atoms with Crippen LogP contribution in [-0.4, -0.2) is 19.5 Å². The Morgan fingerprint density at radius 3 is 2.67 bits per heavy atom. The van der Waals surface area contributed by atoms with Crippen LogP contribution in [0.1, 0.15) is 0 Å². The van der Waals surface area contributed by atoms with Crippen LogP contribution >= 0.6 is 0 Å². The monoisotopic (exact) mass is 160 g/mol. The van der Waals surface area contributed by atoms with E-state index in [0.29, 0.717) is 0 Å². The van der Waals surface area contributed by atoms with Gasteiger partial charge in [-0.15, -0.1) is 0 Å². The third-order valence-electron chi connectivity index (χ3n) is 1.61. The van der Waals surface area contributed by atoms with Crippen molar-refractivity contribution in [3.8, 4) is 11.5 Å². The van der Waals surface area contributed by atoms with Gasteiger partial charge in [0.1, 0.15) is 5.69 Å². The fourth-order valence-electron chi connectivity index (χ4n) is 1.03. The molecule has 0 aromatic carbocycles. The van der Waals surface area contributed by atoms with Gasteiger partial charge in [-0.05, 0) is 0 Å². The number of hydrogen-bond acceptors (Lipinski definition) is 3. The van der Waals surface area contributed by atoms with Gasteiger partial charge >= 0.3 is 0 Å². The molecule has 0 fully saturated rings. The maximum absolute atomic E-state index is 4.15. The summed E-state index contributed by atoms with van der Waals surface area (Å²) in [6.07, 6.45) is 8.62. The second kappa shape index (κ2) is 2.73. The lowest BCUT2D eigenvalue weighted by atomic mass is 10.4. The van der Waals surface area contributed by atoms with Crippen LogP contribution in [-0.2, 0) is 7.05 Å². The van der Waals surface area contributed by atoms with E-state index in [4.69, 9.17) is 0 Å². The Balaban J connectivity index is 2.51. The molecule has 4 nitrogen and oxygen atoms in total. The molecule has 0 amide bonds. The van der Waals surface area contributed by atoms with Gasteiger partial charge in [-0.25, -0.2) is 9.97 Å². The number of aromatic nitrogens is 4. The maximum atomic E-state index is 4.15. The molecule has 0 atom stereocenters. The first-order valence-corrected chi connectivity index (χ1v) is 3.61. The summed E-state index contributed by atoms with van der Waals surface area (Å²) < 4.78 is 1.91. The van der Waals surface area contributed by atoms with Gasteiger partial charge in [0.25, 0.3) is 0 Å². The van der Waals surface area contributed by atoms with Crippen LogP contribution in [0.15, 0.2) is 31.0 Å². The summed E-state index contributed by atoms with van der Waals surface area (Å²) in [6.45, 7) is 0. The van der Waals surface area contributed by atoms with Gasteiger partial charge in [-0.2, -0.15) is 0 Å². The van der Waals surface area contributed by atoms with E-state index in [1.807, 2.05) is 17.8 Å². The third kappa shape index (κ3) is 1.07. The molecule has 0 saturated heterocycles. The van der Waals surface area contributed by atoms with Crippen LogP contribution in [0, 0.1) is 0 Å². The zero-order chi connectivity index (χ0) is 8.39. The fourth-order valence-corrected chi connectivity index (χ4v) is 1.03. The summed E-state index contributed by atoms with van der Waals surface area (Å²) in [5, 5.41) is 0. The zero-order valence-corrected chi connectivity index (χ0v) is 6.68. The molecule has 0 aliphatic heterocycles. The Hall–Kier alpha value is -1.71. The van der Waals surface area contributed by atoms with E-state index in [1.165, 1.54) is 0 Å². The summed E-state index contributed by atoms with van der Waals surface area (Å²) in [7, 11) is 1.93. The van der Waals surface area contributed by atoms with Crippen LogP contribution in [0.3, 0.4) is 0 Å². The number of hydrogen-bond donors (Lipinski definition) is 0. The van der Waals surface area contributed by atoms with Crippen molar-refractivity contribution in [2.24, 2.45) is 7.05 Å². The number of rotatable bonds is 1. The minimum absolute atomic E-state index is 0.796. The summed E-state index contributed by atoms with van der Waals surface area (Å²) in [4.78, 5) is 12.2. The van der Waals surface area contributed by atoms with Crippen molar-refractivity contribution < 1.29 is 0 Å². The van der Waals surface area contributed by atoms with Gasteiger partial charge in [0.2, 0.25) is 0 Å². The molecule has 0 aliphatic carbocycles. The SMILES string of the molecule is Cn1ccnc1-c1cnccn1. The Labute approximate surface area is 69.9 Å².